The molecule has 1 heterocycles. The molecule has 1 saturated carbocycles. The van der Waals surface area contributed by atoms with Gasteiger partial charge in [-0.15, -0.1) is 12.4 Å². The van der Waals surface area contributed by atoms with Crippen molar-refractivity contribution in [1.29, 1.82) is 0 Å². The Labute approximate surface area is 130 Å². The van der Waals surface area contributed by atoms with Gasteiger partial charge in [0, 0.05) is 29.9 Å². The molecule has 3 N–H and O–H groups in total. The number of Topliss-reactive ketones (excluding diaryl/α,β-unsaturated/α-hetero) is 1. The van der Waals surface area contributed by atoms with Crippen LogP contribution in [0.25, 0.3) is 0 Å². The lowest BCUT2D eigenvalue weighted by Gasteiger charge is -2.55. The van der Waals surface area contributed by atoms with Gasteiger partial charge in [-0.1, -0.05) is 6.07 Å². The van der Waals surface area contributed by atoms with E-state index in [1.807, 2.05) is 6.07 Å². The summed E-state index contributed by atoms with van der Waals surface area (Å²) in [5.74, 6) is 0.763. The van der Waals surface area contributed by atoms with Crippen molar-refractivity contribution in [1.82, 2.24) is 5.32 Å². The molecule has 0 unspecified atom stereocenters. The van der Waals surface area contributed by atoms with E-state index in [0.717, 1.165) is 36.9 Å². The van der Waals surface area contributed by atoms with E-state index in [9.17, 15) is 15.0 Å². The molecule has 0 spiro atoms. The van der Waals surface area contributed by atoms with E-state index < -0.39 is 0 Å². The van der Waals surface area contributed by atoms with Crippen molar-refractivity contribution in [2.45, 2.75) is 43.6 Å². The quantitative estimate of drug-likeness (QED) is 0.642. The highest BCUT2D eigenvalue weighted by Gasteiger charge is 2.53. The minimum absolute atomic E-state index is 0. The summed E-state index contributed by atoms with van der Waals surface area (Å²) >= 11 is 0. The zero-order chi connectivity index (χ0) is 13.9. The second-order valence-corrected chi connectivity index (χ2v) is 6.49. The van der Waals surface area contributed by atoms with Gasteiger partial charge in [-0.05, 0) is 43.4 Å². The number of nitrogens with one attached hydrogen (secondary N) is 1. The number of ketones is 1. The van der Waals surface area contributed by atoms with Crippen molar-refractivity contribution in [2.75, 3.05) is 6.54 Å². The molecule has 1 saturated heterocycles. The van der Waals surface area contributed by atoms with Crippen molar-refractivity contribution in [3.8, 4) is 11.5 Å². The first-order valence-corrected chi connectivity index (χ1v) is 7.41. The molecule has 2 fully saturated rings. The van der Waals surface area contributed by atoms with Crippen molar-refractivity contribution < 1.29 is 15.0 Å². The predicted octanol–water partition coefficient (Wildman–Crippen LogP) is 2.04. The Bertz CT molecular complexity index is 603. The maximum absolute atomic E-state index is 12.0. The minimum Gasteiger partial charge on any atom is -0.504 e. The third kappa shape index (κ3) is 1.89. The van der Waals surface area contributed by atoms with Gasteiger partial charge in [0.25, 0.3) is 0 Å². The summed E-state index contributed by atoms with van der Waals surface area (Å²) in [5, 5.41) is 23.5. The van der Waals surface area contributed by atoms with Gasteiger partial charge < -0.3 is 15.5 Å². The van der Waals surface area contributed by atoms with Crippen LogP contribution in [0.2, 0.25) is 0 Å². The first-order chi connectivity index (χ1) is 9.62. The average molecular weight is 310 g/mol. The second kappa shape index (κ2) is 4.89. The second-order valence-electron chi connectivity index (χ2n) is 6.49. The average Bonchev–Trinajstić information content (AvgIpc) is 2.42. The number of piperidine rings is 1. The molecular formula is C16H20ClNO3. The number of phenols is 2. The Balaban J connectivity index is 0.00000132. The zero-order valence-corrected chi connectivity index (χ0v) is 12.6. The van der Waals surface area contributed by atoms with Gasteiger partial charge in [0.05, 0.1) is 0 Å². The molecule has 0 aromatic heterocycles. The van der Waals surface area contributed by atoms with Gasteiger partial charge in [0.15, 0.2) is 11.5 Å². The standard InChI is InChI=1S/C16H19NO3.ClH/c18-9-1-2-12-13-7-10-11(3-4-14(19)15(10)20)16(12,8-9)5-6-17-13;/h3-4,12-13,17,19-20H,1-2,5-8H2;1H/t12-,13+,16+;/m0./s1. The molecule has 1 aliphatic heterocycles. The largest absolute Gasteiger partial charge is 0.504 e. The van der Waals surface area contributed by atoms with Crippen LogP contribution in [0.3, 0.4) is 0 Å². The Kier molecular flexibility index (Phi) is 3.41. The maximum atomic E-state index is 12.0. The van der Waals surface area contributed by atoms with Crippen molar-refractivity contribution >= 4 is 18.2 Å². The summed E-state index contributed by atoms with van der Waals surface area (Å²) in [4.78, 5) is 12.0. The van der Waals surface area contributed by atoms with Gasteiger partial charge in [0.1, 0.15) is 5.78 Å². The molecule has 2 bridgehead atoms. The number of rotatable bonds is 0. The summed E-state index contributed by atoms with van der Waals surface area (Å²) in [7, 11) is 0. The summed E-state index contributed by atoms with van der Waals surface area (Å²) < 4.78 is 0. The molecule has 2 aliphatic carbocycles. The third-order valence-corrected chi connectivity index (χ3v) is 5.64. The highest BCUT2D eigenvalue weighted by molar-refractivity contribution is 5.85. The van der Waals surface area contributed by atoms with Crippen molar-refractivity contribution in [2.24, 2.45) is 5.92 Å². The SMILES string of the molecule is Cl.O=C1CC[C@H]2[C@H]3Cc4c(ccc(O)c4O)[C@@]2(CCN3)C1. The van der Waals surface area contributed by atoms with Gasteiger partial charge in [-0.25, -0.2) is 0 Å². The fourth-order valence-corrected chi connectivity index (χ4v) is 4.81. The molecule has 3 aliphatic rings. The van der Waals surface area contributed by atoms with Crippen LogP contribution >= 0.6 is 12.4 Å². The van der Waals surface area contributed by atoms with E-state index in [2.05, 4.69) is 5.32 Å². The summed E-state index contributed by atoms with van der Waals surface area (Å²) in [6, 6.07) is 3.82. The molecule has 0 radical (unpaired) electrons. The molecule has 21 heavy (non-hydrogen) atoms. The van der Waals surface area contributed by atoms with Crippen LogP contribution < -0.4 is 5.32 Å². The lowest BCUT2D eigenvalue weighted by molar-refractivity contribution is -0.125. The molecule has 114 valence electrons. The Hall–Kier alpha value is -1.26. The van der Waals surface area contributed by atoms with Crippen molar-refractivity contribution in [3.63, 3.8) is 0 Å². The molecular weight excluding hydrogens is 290 g/mol. The number of carbonyl (C=O) groups is 1. The van der Waals surface area contributed by atoms with E-state index in [-0.39, 0.29) is 29.3 Å². The fraction of sp³-hybridized carbons (Fsp3) is 0.562. The summed E-state index contributed by atoms with van der Waals surface area (Å²) in [5.41, 5.74) is 1.82. The topological polar surface area (TPSA) is 69.6 Å². The Morgan fingerprint density at radius 3 is 2.90 bits per heavy atom. The lowest BCUT2D eigenvalue weighted by Crippen LogP contribution is -2.60. The molecule has 0 amide bonds. The molecule has 4 rings (SSSR count). The molecule has 4 nitrogen and oxygen atoms in total. The van der Waals surface area contributed by atoms with Crippen molar-refractivity contribution in [3.05, 3.63) is 23.3 Å². The number of hydrogen-bond donors (Lipinski definition) is 3. The highest BCUT2D eigenvalue weighted by atomic mass is 35.5. The van der Waals surface area contributed by atoms with Crippen LogP contribution in [0.4, 0.5) is 0 Å². The highest BCUT2D eigenvalue weighted by Crippen LogP contribution is 2.55. The number of aromatic hydroxyl groups is 2. The molecule has 1 aromatic rings. The van der Waals surface area contributed by atoms with Crippen LogP contribution in [0, 0.1) is 5.92 Å². The molecule has 5 heteroatoms. The Morgan fingerprint density at radius 1 is 1.29 bits per heavy atom. The van der Waals surface area contributed by atoms with E-state index in [1.54, 1.807) is 6.07 Å². The first-order valence-electron chi connectivity index (χ1n) is 7.41. The number of benzene rings is 1. The summed E-state index contributed by atoms with van der Waals surface area (Å²) in [6.07, 6.45) is 3.90. The number of halogens is 1. The summed E-state index contributed by atoms with van der Waals surface area (Å²) in [6.45, 7) is 0.926. The van der Waals surface area contributed by atoms with Gasteiger partial charge in [-0.3, -0.25) is 4.79 Å². The number of carbonyl (C=O) groups excluding carboxylic acids is 1. The lowest BCUT2D eigenvalue weighted by atomic mass is 9.52. The van der Waals surface area contributed by atoms with Gasteiger partial charge in [0.2, 0.25) is 0 Å². The number of phenolic OH excluding ortho intramolecular Hbond substituents is 2. The molecule has 3 atom stereocenters. The van der Waals surface area contributed by atoms with Crippen LogP contribution in [0.5, 0.6) is 11.5 Å². The van der Waals surface area contributed by atoms with Crippen LogP contribution in [-0.2, 0) is 16.6 Å². The van der Waals surface area contributed by atoms with E-state index >= 15 is 0 Å². The predicted molar refractivity (Wildman–Crippen MR) is 81.2 cm³/mol. The number of fused-ring (bicyclic) bond motifs is 1. The van der Waals surface area contributed by atoms with Crippen LogP contribution in [-0.4, -0.2) is 28.6 Å². The van der Waals surface area contributed by atoms with E-state index in [4.69, 9.17) is 0 Å². The first kappa shape index (κ1) is 14.7. The van der Waals surface area contributed by atoms with Crippen LogP contribution in [0.15, 0.2) is 12.1 Å². The minimum atomic E-state index is -0.121. The normalized spacial score (nSPS) is 33.6. The Morgan fingerprint density at radius 2 is 2.10 bits per heavy atom. The molecule has 1 aromatic carbocycles. The smallest absolute Gasteiger partial charge is 0.161 e. The van der Waals surface area contributed by atoms with Gasteiger partial charge in [-0.2, -0.15) is 0 Å². The zero-order valence-electron chi connectivity index (χ0n) is 11.8. The van der Waals surface area contributed by atoms with E-state index in [0.29, 0.717) is 30.6 Å². The van der Waals surface area contributed by atoms with E-state index in [1.165, 1.54) is 0 Å². The maximum Gasteiger partial charge on any atom is 0.161 e. The van der Waals surface area contributed by atoms with Crippen LogP contribution in [0.1, 0.15) is 36.8 Å². The van der Waals surface area contributed by atoms with Gasteiger partial charge >= 0.3 is 0 Å². The monoisotopic (exact) mass is 309 g/mol. The fourth-order valence-electron chi connectivity index (χ4n) is 4.81. The third-order valence-electron chi connectivity index (χ3n) is 5.64. The number of hydrogen-bond acceptors (Lipinski definition) is 4.